The van der Waals surface area contributed by atoms with Gasteiger partial charge >= 0.3 is 0 Å². The summed E-state index contributed by atoms with van der Waals surface area (Å²) in [5.74, 6) is 0. The first-order chi connectivity index (χ1) is 8.19. The van der Waals surface area contributed by atoms with E-state index in [0.29, 0.717) is 5.02 Å². The van der Waals surface area contributed by atoms with Crippen LogP contribution >= 0.6 is 11.6 Å². The summed E-state index contributed by atoms with van der Waals surface area (Å²) in [6.07, 6.45) is 9.33. The van der Waals surface area contributed by atoms with Crippen LogP contribution in [-0.4, -0.2) is 4.98 Å². The maximum absolute atomic E-state index is 5.86. The van der Waals surface area contributed by atoms with Crippen LogP contribution in [-0.2, 0) is 0 Å². The van der Waals surface area contributed by atoms with Crippen molar-refractivity contribution in [1.82, 2.24) is 4.98 Å². The summed E-state index contributed by atoms with van der Waals surface area (Å²) in [7, 11) is 0. The Bertz CT molecular complexity index is 417. The lowest BCUT2D eigenvalue weighted by atomic mass is 10.1. The summed E-state index contributed by atoms with van der Waals surface area (Å²) in [6, 6.07) is 1.91. The van der Waals surface area contributed by atoms with Crippen LogP contribution < -0.4 is 0 Å². The summed E-state index contributed by atoms with van der Waals surface area (Å²) in [5.41, 5.74) is 3.05. The molecule has 0 N–H and O–H groups in total. The molecule has 0 aliphatic rings. The predicted octanol–water partition coefficient (Wildman–Crippen LogP) is 5.22. The van der Waals surface area contributed by atoms with Crippen LogP contribution in [0.15, 0.2) is 43.1 Å². The highest BCUT2D eigenvalue weighted by Crippen LogP contribution is 2.20. The largest absolute Gasteiger partial charge is 0.254 e. The van der Waals surface area contributed by atoms with Crippen LogP contribution in [0.3, 0.4) is 0 Å². The van der Waals surface area contributed by atoms with Gasteiger partial charge in [-0.25, -0.2) is 0 Å². The Balaban J connectivity index is 0.00000121. The second-order valence-corrected chi connectivity index (χ2v) is 3.61. The normalized spacial score (nSPS) is 11.0. The summed E-state index contributed by atoms with van der Waals surface area (Å²) in [5, 5.41) is 0.662. The van der Waals surface area contributed by atoms with Gasteiger partial charge in [0.1, 0.15) is 0 Å². The van der Waals surface area contributed by atoms with E-state index >= 15 is 0 Å². The molecule has 1 nitrogen and oxygen atoms in total. The van der Waals surface area contributed by atoms with Crippen molar-refractivity contribution < 1.29 is 0 Å². The lowest BCUT2D eigenvalue weighted by molar-refractivity contribution is 1.22. The molecule has 0 aliphatic carbocycles. The molecular formula is C15H20ClN. The average Bonchev–Trinajstić information content (AvgIpc) is 2.32. The number of hydrogen-bond donors (Lipinski definition) is 0. The number of aryl methyl sites for hydroxylation is 1. The molecule has 0 atom stereocenters. The zero-order valence-corrected chi connectivity index (χ0v) is 11.8. The van der Waals surface area contributed by atoms with E-state index in [-0.39, 0.29) is 0 Å². The third-order valence-electron chi connectivity index (χ3n) is 1.96. The predicted molar refractivity (Wildman–Crippen MR) is 78.3 cm³/mol. The number of aromatic nitrogens is 1. The van der Waals surface area contributed by atoms with Crippen molar-refractivity contribution in [2.75, 3.05) is 0 Å². The highest BCUT2D eigenvalue weighted by atomic mass is 35.5. The Labute approximate surface area is 110 Å². The lowest BCUT2D eigenvalue weighted by Crippen LogP contribution is -1.91. The van der Waals surface area contributed by atoms with Gasteiger partial charge in [-0.3, -0.25) is 4.98 Å². The van der Waals surface area contributed by atoms with Gasteiger partial charge in [0.15, 0.2) is 0 Å². The smallest absolute Gasteiger partial charge is 0.0732 e. The molecule has 1 aromatic heterocycles. The van der Waals surface area contributed by atoms with Crippen LogP contribution in [0.25, 0.3) is 5.57 Å². The fraction of sp³-hybridized carbons (Fsp3) is 0.267. The molecular weight excluding hydrogens is 230 g/mol. The van der Waals surface area contributed by atoms with Crippen molar-refractivity contribution >= 4 is 17.2 Å². The molecule has 0 aromatic carbocycles. The molecule has 92 valence electrons. The van der Waals surface area contributed by atoms with E-state index in [1.165, 1.54) is 0 Å². The van der Waals surface area contributed by atoms with E-state index in [1.54, 1.807) is 12.3 Å². The first kappa shape index (κ1) is 15.7. The first-order valence-corrected chi connectivity index (χ1v) is 6.14. The maximum atomic E-state index is 5.86. The minimum atomic E-state index is 0.662. The molecule has 0 amide bonds. The summed E-state index contributed by atoms with van der Waals surface area (Å²) in [6.45, 7) is 11.7. The van der Waals surface area contributed by atoms with Crippen LogP contribution in [0, 0.1) is 6.92 Å². The van der Waals surface area contributed by atoms with Crippen molar-refractivity contribution in [3.63, 3.8) is 0 Å². The fourth-order valence-electron chi connectivity index (χ4n) is 1.36. The van der Waals surface area contributed by atoms with E-state index in [2.05, 4.69) is 11.6 Å². The van der Waals surface area contributed by atoms with Crippen molar-refractivity contribution in [1.29, 1.82) is 0 Å². The van der Waals surface area contributed by atoms with Gasteiger partial charge < -0.3 is 0 Å². The number of halogens is 1. The van der Waals surface area contributed by atoms with Gasteiger partial charge in [-0.1, -0.05) is 56.3 Å². The molecule has 0 spiro atoms. The minimum absolute atomic E-state index is 0.662. The molecule has 1 aromatic rings. The molecule has 0 saturated carbocycles. The van der Waals surface area contributed by atoms with Gasteiger partial charge in [0.05, 0.1) is 10.7 Å². The molecule has 17 heavy (non-hydrogen) atoms. The quantitative estimate of drug-likeness (QED) is 0.670. The second kappa shape index (κ2) is 8.77. The summed E-state index contributed by atoms with van der Waals surface area (Å²) in [4.78, 5) is 4.32. The van der Waals surface area contributed by atoms with Gasteiger partial charge in [0.25, 0.3) is 0 Å². The Kier molecular flexibility index (Phi) is 8.08. The molecule has 1 heterocycles. The van der Waals surface area contributed by atoms with Crippen molar-refractivity contribution in [3.05, 3.63) is 59.4 Å². The molecule has 0 fully saturated rings. The van der Waals surface area contributed by atoms with Crippen LogP contribution in [0.4, 0.5) is 0 Å². The van der Waals surface area contributed by atoms with Gasteiger partial charge in [0, 0.05) is 11.8 Å². The molecule has 0 unspecified atom stereocenters. The highest BCUT2D eigenvalue weighted by Gasteiger charge is 2.03. The fourth-order valence-corrected chi connectivity index (χ4v) is 1.58. The SMILES string of the molecule is C=C/C=C(\C=C/C)c1ncc(Cl)cc1C.CC. The minimum Gasteiger partial charge on any atom is -0.254 e. The monoisotopic (exact) mass is 249 g/mol. The number of hydrogen-bond acceptors (Lipinski definition) is 1. The van der Waals surface area contributed by atoms with Crippen molar-refractivity contribution in [2.45, 2.75) is 27.7 Å². The Morgan fingerprint density at radius 3 is 2.53 bits per heavy atom. The Hall–Kier alpha value is -1.34. The van der Waals surface area contributed by atoms with Crippen LogP contribution in [0.2, 0.25) is 5.02 Å². The van der Waals surface area contributed by atoms with Gasteiger partial charge in [-0.05, 0) is 25.5 Å². The molecule has 0 radical (unpaired) electrons. The number of allylic oxidation sites excluding steroid dienone is 5. The van der Waals surface area contributed by atoms with Gasteiger partial charge in [-0.2, -0.15) is 0 Å². The molecule has 0 saturated heterocycles. The molecule has 0 bridgehead atoms. The number of rotatable bonds is 3. The second-order valence-electron chi connectivity index (χ2n) is 3.18. The van der Waals surface area contributed by atoms with Crippen LogP contribution in [0.5, 0.6) is 0 Å². The highest BCUT2D eigenvalue weighted by molar-refractivity contribution is 6.30. The van der Waals surface area contributed by atoms with Gasteiger partial charge in [0.2, 0.25) is 0 Å². The van der Waals surface area contributed by atoms with E-state index < -0.39 is 0 Å². The maximum Gasteiger partial charge on any atom is 0.0732 e. The van der Waals surface area contributed by atoms with Gasteiger partial charge in [-0.15, -0.1) is 0 Å². The van der Waals surface area contributed by atoms with Crippen molar-refractivity contribution in [3.8, 4) is 0 Å². The average molecular weight is 250 g/mol. The third kappa shape index (κ3) is 5.01. The van der Waals surface area contributed by atoms with E-state index in [0.717, 1.165) is 16.8 Å². The summed E-state index contributed by atoms with van der Waals surface area (Å²) >= 11 is 5.86. The zero-order chi connectivity index (χ0) is 13.3. The lowest BCUT2D eigenvalue weighted by Gasteiger charge is -2.05. The summed E-state index contributed by atoms with van der Waals surface area (Å²) < 4.78 is 0. The molecule has 0 aliphatic heterocycles. The Morgan fingerprint density at radius 1 is 1.41 bits per heavy atom. The Morgan fingerprint density at radius 2 is 2.06 bits per heavy atom. The number of pyridine rings is 1. The van der Waals surface area contributed by atoms with E-state index in [4.69, 9.17) is 11.6 Å². The van der Waals surface area contributed by atoms with E-state index in [1.807, 2.05) is 52.0 Å². The van der Waals surface area contributed by atoms with E-state index in [9.17, 15) is 0 Å². The zero-order valence-electron chi connectivity index (χ0n) is 11.0. The number of nitrogens with zero attached hydrogens (tertiary/aromatic N) is 1. The first-order valence-electron chi connectivity index (χ1n) is 5.77. The topological polar surface area (TPSA) is 12.9 Å². The molecule has 2 heteroatoms. The third-order valence-corrected chi connectivity index (χ3v) is 2.17. The molecule has 1 rings (SSSR count). The van der Waals surface area contributed by atoms with Crippen LogP contribution in [0.1, 0.15) is 32.0 Å². The standard InChI is InChI=1S/C13H14ClN.C2H6/c1-4-6-11(7-5-2)13-10(3)8-12(14)9-15-13;1-2/h4-9H,1H2,2-3H3;1-2H3/b7-5-,11-6+;. The van der Waals surface area contributed by atoms with Crippen molar-refractivity contribution in [2.24, 2.45) is 0 Å².